The Morgan fingerprint density at radius 3 is 1.70 bits per heavy atom. The average molecular weight is 398 g/mol. The third kappa shape index (κ3) is 3.52. The number of Topliss-reactive ketones (excluding diaryl/α,β-unsaturated/α-hetero) is 1. The van der Waals surface area contributed by atoms with Crippen molar-refractivity contribution in [3.8, 4) is 0 Å². The molecule has 0 saturated heterocycles. The van der Waals surface area contributed by atoms with E-state index in [-0.39, 0.29) is 17.6 Å². The summed E-state index contributed by atoms with van der Waals surface area (Å²) in [6, 6.07) is 7.58. The molecule has 2 aromatic rings. The summed E-state index contributed by atoms with van der Waals surface area (Å²) < 4.78 is 0. The molecule has 0 aliphatic carbocycles. The maximum absolute atomic E-state index is 12.8. The van der Waals surface area contributed by atoms with Gasteiger partial charge < -0.3 is 0 Å². The Morgan fingerprint density at radius 1 is 0.950 bits per heavy atom. The van der Waals surface area contributed by atoms with Gasteiger partial charge in [0.05, 0.1) is 11.8 Å². The van der Waals surface area contributed by atoms with Crippen molar-refractivity contribution in [1.29, 1.82) is 0 Å². The van der Waals surface area contributed by atoms with Gasteiger partial charge in [-0.15, -0.1) is 0 Å². The predicted octanol–water partition coefficient (Wildman–Crippen LogP) is 3.70. The van der Waals surface area contributed by atoms with Crippen molar-refractivity contribution in [3.05, 3.63) is 60.2 Å². The van der Waals surface area contributed by atoms with Crippen LogP contribution in [0.3, 0.4) is 0 Å². The first-order valence-corrected chi connectivity index (χ1v) is 8.47. The quantitative estimate of drug-likeness (QED) is 0.698. The van der Waals surface area contributed by atoms with Gasteiger partial charge in [-0.2, -0.15) is 0 Å². The molecule has 2 rings (SSSR count). The van der Waals surface area contributed by atoms with Gasteiger partial charge in [0.15, 0.2) is 0 Å². The van der Waals surface area contributed by atoms with E-state index in [2.05, 4.69) is 41.8 Å². The zero-order chi connectivity index (χ0) is 14.4. The number of rotatable bonds is 6. The van der Waals surface area contributed by atoms with E-state index < -0.39 is 0 Å². The van der Waals surface area contributed by atoms with E-state index >= 15 is 0 Å². The van der Waals surface area contributed by atoms with E-state index in [1.807, 2.05) is 24.3 Å². The smallest absolute Gasteiger partial charge is 0.149 e. The highest BCUT2D eigenvalue weighted by Gasteiger charge is 2.28. The Balaban J connectivity index is 2.28. The molecule has 0 fully saturated rings. The van der Waals surface area contributed by atoms with Crippen LogP contribution in [0.5, 0.6) is 0 Å². The van der Waals surface area contributed by atoms with Crippen LogP contribution in [-0.2, 0) is 4.79 Å². The number of alkyl halides is 2. The van der Waals surface area contributed by atoms with Gasteiger partial charge in [0, 0.05) is 35.4 Å². The molecule has 2 atom stereocenters. The minimum atomic E-state index is -0.202. The summed E-state index contributed by atoms with van der Waals surface area (Å²) in [7, 11) is 0. The molecule has 2 heterocycles. The summed E-state index contributed by atoms with van der Waals surface area (Å²) in [5.74, 6) is -0.238. The highest BCUT2D eigenvalue weighted by atomic mass is 79.9. The predicted molar refractivity (Wildman–Crippen MR) is 86.6 cm³/mol. The monoisotopic (exact) mass is 396 g/mol. The van der Waals surface area contributed by atoms with Gasteiger partial charge >= 0.3 is 0 Å². The molecule has 0 radical (unpaired) electrons. The molecular formula is C15H14Br2N2O. The number of aromatic nitrogens is 2. The fourth-order valence-corrected chi connectivity index (χ4v) is 3.45. The van der Waals surface area contributed by atoms with E-state index in [4.69, 9.17) is 0 Å². The van der Waals surface area contributed by atoms with Crippen LogP contribution in [0.15, 0.2) is 49.1 Å². The second-order valence-corrected chi connectivity index (χ2v) is 5.68. The molecule has 0 bridgehead atoms. The summed E-state index contributed by atoms with van der Waals surface area (Å²) in [5.41, 5.74) is 1.87. The number of nitrogens with zero attached hydrogens (tertiary/aromatic N) is 2. The molecule has 3 nitrogen and oxygen atoms in total. The van der Waals surface area contributed by atoms with Crippen LogP contribution in [0, 0.1) is 0 Å². The zero-order valence-electron chi connectivity index (χ0n) is 10.7. The Kier molecular flexibility index (Phi) is 5.86. The first kappa shape index (κ1) is 15.3. The van der Waals surface area contributed by atoms with E-state index in [1.165, 1.54) is 0 Å². The highest BCUT2D eigenvalue weighted by molar-refractivity contribution is 9.09. The van der Waals surface area contributed by atoms with Gasteiger partial charge in [0.1, 0.15) is 5.78 Å². The Morgan fingerprint density at radius 2 is 1.40 bits per heavy atom. The number of carbonyl (C=O) groups is 1. The van der Waals surface area contributed by atoms with Crippen molar-refractivity contribution in [1.82, 2.24) is 9.97 Å². The van der Waals surface area contributed by atoms with E-state index in [1.54, 1.807) is 24.8 Å². The standard InChI is InChI=1S/C15H14Br2N2O/c16-7-13(11-3-1-5-18-9-11)15(20)14(8-17)12-4-2-6-19-10-12/h1-6,9-10,13-14H,7-8H2. The van der Waals surface area contributed by atoms with Crippen molar-refractivity contribution in [3.63, 3.8) is 0 Å². The molecule has 2 aromatic heterocycles. The molecule has 2 unspecified atom stereocenters. The molecule has 0 aliphatic heterocycles. The molecule has 20 heavy (non-hydrogen) atoms. The molecule has 0 amide bonds. The zero-order valence-corrected chi connectivity index (χ0v) is 13.9. The highest BCUT2D eigenvalue weighted by Crippen LogP contribution is 2.28. The van der Waals surface area contributed by atoms with E-state index in [9.17, 15) is 4.79 Å². The summed E-state index contributed by atoms with van der Waals surface area (Å²) in [6.07, 6.45) is 6.92. The van der Waals surface area contributed by atoms with Crippen molar-refractivity contribution in [2.75, 3.05) is 10.7 Å². The third-order valence-electron chi connectivity index (χ3n) is 3.17. The van der Waals surface area contributed by atoms with Crippen LogP contribution in [0.4, 0.5) is 0 Å². The molecule has 0 aliphatic rings. The summed E-state index contributed by atoms with van der Waals surface area (Å²) in [4.78, 5) is 21.0. The largest absolute Gasteiger partial charge is 0.298 e. The minimum absolute atomic E-state index is 0.166. The van der Waals surface area contributed by atoms with E-state index in [0.29, 0.717) is 10.7 Å². The van der Waals surface area contributed by atoms with Gasteiger partial charge in [-0.05, 0) is 23.3 Å². The fraction of sp³-hybridized carbons (Fsp3) is 0.267. The van der Waals surface area contributed by atoms with Crippen LogP contribution in [-0.4, -0.2) is 26.4 Å². The molecule has 5 heteroatoms. The molecule has 104 valence electrons. The van der Waals surface area contributed by atoms with Gasteiger partial charge in [0.25, 0.3) is 0 Å². The number of ketones is 1. The Bertz CT molecular complexity index is 499. The number of pyridine rings is 2. The lowest BCUT2D eigenvalue weighted by Gasteiger charge is -2.19. The normalized spacial score (nSPS) is 13.7. The van der Waals surface area contributed by atoms with Gasteiger partial charge in [-0.25, -0.2) is 0 Å². The second-order valence-electron chi connectivity index (χ2n) is 4.39. The maximum Gasteiger partial charge on any atom is 0.149 e. The molecular weight excluding hydrogens is 384 g/mol. The van der Waals surface area contributed by atoms with Crippen molar-refractivity contribution in [2.45, 2.75) is 11.8 Å². The van der Waals surface area contributed by atoms with Crippen molar-refractivity contribution >= 4 is 37.6 Å². The lowest BCUT2D eigenvalue weighted by atomic mass is 9.87. The minimum Gasteiger partial charge on any atom is -0.298 e. The second kappa shape index (κ2) is 7.64. The Labute approximate surface area is 135 Å². The first-order chi connectivity index (χ1) is 9.77. The van der Waals surface area contributed by atoms with Gasteiger partial charge in [0.2, 0.25) is 0 Å². The van der Waals surface area contributed by atoms with E-state index in [0.717, 1.165) is 11.1 Å². The molecule has 0 aromatic carbocycles. The lowest BCUT2D eigenvalue weighted by Crippen LogP contribution is -2.23. The van der Waals surface area contributed by atoms with Crippen LogP contribution in [0.1, 0.15) is 23.0 Å². The number of halogens is 2. The number of hydrogen-bond acceptors (Lipinski definition) is 3. The summed E-state index contributed by atoms with van der Waals surface area (Å²) in [5, 5.41) is 1.17. The maximum atomic E-state index is 12.8. The van der Waals surface area contributed by atoms with Crippen molar-refractivity contribution < 1.29 is 4.79 Å². The average Bonchev–Trinajstić information content (AvgIpc) is 2.51. The van der Waals surface area contributed by atoms with Crippen LogP contribution >= 0.6 is 31.9 Å². The summed E-state index contributed by atoms with van der Waals surface area (Å²) >= 11 is 6.89. The van der Waals surface area contributed by atoms with Crippen LogP contribution in [0.2, 0.25) is 0 Å². The molecule has 0 N–H and O–H groups in total. The van der Waals surface area contributed by atoms with Gasteiger partial charge in [-0.3, -0.25) is 14.8 Å². The lowest BCUT2D eigenvalue weighted by molar-refractivity contribution is -0.121. The molecule has 0 spiro atoms. The van der Waals surface area contributed by atoms with Crippen LogP contribution < -0.4 is 0 Å². The first-order valence-electron chi connectivity index (χ1n) is 6.23. The number of carbonyl (C=O) groups excluding carboxylic acids is 1. The summed E-state index contributed by atoms with van der Waals surface area (Å²) in [6.45, 7) is 0. The fourth-order valence-electron chi connectivity index (χ4n) is 2.07. The van der Waals surface area contributed by atoms with Crippen LogP contribution in [0.25, 0.3) is 0 Å². The van der Waals surface area contributed by atoms with Crippen molar-refractivity contribution in [2.24, 2.45) is 0 Å². The number of hydrogen-bond donors (Lipinski definition) is 0. The SMILES string of the molecule is O=C(C(CBr)c1cccnc1)C(CBr)c1cccnc1. The van der Waals surface area contributed by atoms with Gasteiger partial charge in [-0.1, -0.05) is 44.0 Å². The Hall–Kier alpha value is -1.07. The molecule has 0 saturated carbocycles. The third-order valence-corrected chi connectivity index (χ3v) is 4.46. The topological polar surface area (TPSA) is 42.9 Å².